The molecule has 0 radical (unpaired) electrons. The number of hydrogen-bond donors (Lipinski definition) is 0. The van der Waals surface area contributed by atoms with Crippen LogP contribution in [0.3, 0.4) is 0 Å². The molecule has 0 fully saturated rings. The van der Waals surface area contributed by atoms with Gasteiger partial charge in [-0.3, -0.25) is 4.79 Å². The molecule has 2 aromatic rings. The zero-order valence-electron chi connectivity index (χ0n) is 11.3. The molecule has 19 heavy (non-hydrogen) atoms. The minimum atomic E-state index is -0.497. The Kier molecular flexibility index (Phi) is 3.65. The molecule has 2 nitrogen and oxygen atoms in total. The highest BCUT2D eigenvalue weighted by atomic mass is 19.1. The summed E-state index contributed by atoms with van der Waals surface area (Å²) < 4.78 is 13.6. The lowest BCUT2D eigenvalue weighted by Gasteiger charge is -2.19. The fourth-order valence-electron chi connectivity index (χ4n) is 2.08. The summed E-state index contributed by atoms with van der Waals surface area (Å²) in [5, 5.41) is 0. The van der Waals surface area contributed by atoms with Crippen molar-refractivity contribution in [1.29, 1.82) is 0 Å². The molecule has 0 spiro atoms. The van der Waals surface area contributed by atoms with Crippen LogP contribution in [-0.4, -0.2) is 13.0 Å². The van der Waals surface area contributed by atoms with Gasteiger partial charge in [-0.05, 0) is 49.2 Å². The molecule has 0 aliphatic carbocycles. The highest BCUT2D eigenvalue weighted by Crippen LogP contribution is 2.20. The minimum Gasteiger partial charge on any atom is -0.311 e. The fourth-order valence-corrected chi connectivity index (χ4v) is 2.08. The van der Waals surface area contributed by atoms with Crippen LogP contribution in [-0.2, 0) is 0 Å². The predicted octanol–water partition coefficient (Wildman–Crippen LogP) is 3.72. The highest BCUT2D eigenvalue weighted by Gasteiger charge is 2.17. The Morgan fingerprint density at radius 3 is 2.21 bits per heavy atom. The van der Waals surface area contributed by atoms with Crippen molar-refractivity contribution in [3.8, 4) is 0 Å². The number of benzene rings is 2. The summed E-state index contributed by atoms with van der Waals surface area (Å²) in [7, 11) is 1.66. The summed E-state index contributed by atoms with van der Waals surface area (Å²) in [5.41, 5.74) is 3.00. The van der Waals surface area contributed by atoms with Gasteiger partial charge in [-0.25, -0.2) is 4.39 Å². The Morgan fingerprint density at radius 1 is 1.05 bits per heavy atom. The van der Waals surface area contributed by atoms with E-state index < -0.39 is 5.82 Å². The van der Waals surface area contributed by atoms with E-state index in [-0.39, 0.29) is 11.5 Å². The van der Waals surface area contributed by atoms with Crippen molar-refractivity contribution in [1.82, 2.24) is 0 Å². The minimum absolute atomic E-state index is 0.0872. The molecule has 2 rings (SSSR count). The van der Waals surface area contributed by atoms with Gasteiger partial charge >= 0.3 is 0 Å². The smallest absolute Gasteiger partial charge is 0.260 e. The highest BCUT2D eigenvalue weighted by molar-refractivity contribution is 6.05. The molecule has 98 valence electrons. The van der Waals surface area contributed by atoms with Crippen molar-refractivity contribution >= 4 is 11.6 Å². The molecular weight excluding hydrogens is 241 g/mol. The van der Waals surface area contributed by atoms with E-state index in [4.69, 9.17) is 0 Å². The largest absolute Gasteiger partial charge is 0.311 e. The van der Waals surface area contributed by atoms with E-state index in [2.05, 4.69) is 0 Å². The van der Waals surface area contributed by atoms with E-state index in [9.17, 15) is 9.18 Å². The monoisotopic (exact) mass is 257 g/mol. The van der Waals surface area contributed by atoms with E-state index in [1.807, 2.05) is 32.0 Å². The Bertz CT molecular complexity index is 602. The van der Waals surface area contributed by atoms with Gasteiger partial charge in [-0.15, -0.1) is 0 Å². The molecule has 0 saturated heterocycles. The first kappa shape index (κ1) is 13.3. The van der Waals surface area contributed by atoms with Crippen LogP contribution < -0.4 is 4.90 Å². The third-order valence-corrected chi connectivity index (χ3v) is 3.00. The SMILES string of the molecule is Cc1cc(C)cc(N(C)C(=O)c2ccccc2F)c1. The molecule has 0 unspecified atom stereocenters. The van der Waals surface area contributed by atoms with Crippen LogP contribution in [0.5, 0.6) is 0 Å². The van der Waals surface area contributed by atoms with E-state index in [0.717, 1.165) is 16.8 Å². The zero-order chi connectivity index (χ0) is 14.0. The van der Waals surface area contributed by atoms with E-state index >= 15 is 0 Å². The molecule has 0 atom stereocenters. The average Bonchev–Trinajstić information content (AvgIpc) is 2.36. The quantitative estimate of drug-likeness (QED) is 0.803. The first-order chi connectivity index (χ1) is 8.99. The molecule has 1 amide bonds. The summed E-state index contributed by atoms with van der Waals surface area (Å²) >= 11 is 0. The number of halogens is 1. The Labute approximate surface area is 112 Å². The van der Waals surface area contributed by atoms with Crippen molar-refractivity contribution in [2.45, 2.75) is 13.8 Å². The Balaban J connectivity index is 2.36. The lowest BCUT2D eigenvalue weighted by molar-refractivity contribution is 0.0989. The number of carbonyl (C=O) groups is 1. The first-order valence-corrected chi connectivity index (χ1v) is 6.10. The molecule has 2 aromatic carbocycles. The predicted molar refractivity (Wildman–Crippen MR) is 75.0 cm³/mol. The van der Waals surface area contributed by atoms with Gasteiger partial charge in [0.2, 0.25) is 0 Å². The molecular formula is C16H16FNO. The van der Waals surface area contributed by atoms with Gasteiger partial charge in [0.05, 0.1) is 5.56 Å². The maximum absolute atomic E-state index is 13.6. The number of rotatable bonds is 2. The van der Waals surface area contributed by atoms with Gasteiger partial charge in [0.25, 0.3) is 5.91 Å². The van der Waals surface area contributed by atoms with Gasteiger partial charge in [-0.2, -0.15) is 0 Å². The van der Waals surface area contributed by atoms with Gasteiger partial charge in [0.15, 0.2) is 0 Å². The number of aryl methyl sites for hydroxylation is 2. The van der Waals surface area contributed by atoms with E-state index in [1.54, 1.807) is 19.2 Å². The number of hydrogen-bond acceptors (Lipinski definition) is 1. The van der Waals surface area contributed by atoms with Gasteiger partial charge in [0.1, 0.15) is 5.82 Å². The summed E-state index contributed by atoms with van der Waals surface area (Å²) in [6.45, 7) is 3.94. The molecule has 0 aliphatic heterocycles. The molecule has 0 N–H and O–H groups in total. The molecule has 3 heteroatoms. The number of amides is 1. The molecule has 0 saturated carbocycles. The van der Waals surface area contributed by atoms with E-state index in [0.29, 0.717) is 0 Å². The molecule has 0 aromatic heterocycles. The van der Waals surface area contributed by atoms with Gasteiger partial charge in [-0.1, -0.05) is 18.2 Å². The third kappa shape index (κ3) is 2.81. The average molecular weight is 257 g/mol. The van der Waals surface area contributed by atoms with Gasteiger partial charge in [0, 0.05) is 12.7 Å². The summed E-state index contributed by atoms with van der Waals surface area (Å²) in [6.07, 6.45) is 0. The van der Waals surface area contributed by atoms with Crippen LogP contribution in [0.1, 0.15) is 21.5 Å². The summed E-state index contributed by atoms with van der Waals surface area (Å²) in [4.78, 5) is 13.7. The molecule has 0 heterocycles. The van der Waals surface area contributed by atoms with E-state index in [1.165, 1.54) is 17.0 Å². The molecule has 0 bridgehead atoms. The number of anilines is 1. The summed E-state index contributed by atoms with van der Waals surface area (Å²) in [5.74, 6) is -0.841. The second kappa shape index (κ2) is 5.22. The number of nitrogens with zero attached hydrogens (tertiary/aromatic N) is 1. The first-order valence-electron chi connectivity index (χ1n) is 6.10. The van der Waals surface area contributed by atoms with Crippen molar-refractivity contribution < 1.29 is 9.18 Å². The zero-order valence-corrected chi connectivity index (χ0v) is 11.3. The second-order valence-corrected chi connectivity index (χ2v) is 4.69. The van der Waals surface area contributed by atoms with Crippen LogP contribution in [0.2, 0.25) is 0 Å². The van der Waals surface area contributed by atoms with Crippen LogP contribution >= 0.6 is 0 Å². The maximum atomic E-state index is 13.6. The lowest BCUT2D eigenvalue weighted by Crippen LogP contribution is -2.27. The van der Waals surface area contributed by atoms with Crippen LogP contribution in [0, 0.1) is 19.7 Å². The number of carbonyl (C=O) groups excluding carboxylic acids is 1. The lowest BCUT2D eigenvalue weighted by atomic mass is 10.1. The van der Waals surface area contributed by atoms with Crippen LogP contribution in [0.25, 0.3) is 0 Å². The fraction of sp³-hybridized carbons (Fsp3) is 0.188. The van der Waals surface area contributed by atoms with Crippen molar-refractivity contribution in [2.75, 3.05) is 11.9 Å². The van der Waals surface area contributed by atoms with Crippen LogP contribution in [0.15, 0.2) is 42.5 Å². The van der Waals surface area contributed by atoms with Crippen molar-refractivity contribution in [2.24, 2.45) is 0 Å². The van der Waals surface area contributed by atoms with Gasteiger partial charge < -0.3 is 4.90 Å². The maximum Gasteiger partial charge on any atom is 0.260 e. The summed E-state index contributed by atoms with van der Waals surface area (Å²) in [6, 6.07) is 11.9. The Morgan fingerprint density at radius 2 is 1.63 bits per heavy atom. The van der Waals surface area contributed by atoms with Crippen molar-refractivity contribution in [3.05, 3.63) is 65.0 Å². The second-order valence-electron chi connectivity index (χ2n) is 4.69. The normalized spacial score (nSPS) is 10.3. The standard InChI is InChI=1S/C16H16FNO/c1-11-8-12(2)10-13(9-11)18(3)16(19)14-6-4-5-7-15(14)17/h4-10H,1-3H3. The molecule has 0 aliphatic rings. The third-order valence-electron chi connectivity index (χ3n) is 3.00. The Hall–Kier alpha value is -2.16. The van der Waals surface area contributed by atoms with Crippen LogP contribution in [0.4, 0.5) is 10.1 Å². The van der Waals surface area contributed by atoms with Crippen molar-refractivity contribution in [3.63, 3.8) is 0 Å². The topological polar surface area (TPSA) is 20.3 Å².